The molecule has 2 nitrogen and oxygen atoms in total. The lowest BCUT2D eigenvalue weighted by Gasteiger charge is -2.07. The van der Waals surface area contributed by atoms with Crippen molar-refractivity contribution in [2.45, 2.75) is 6.18 Å². The van der Waals surface area contributed by atoms with E-state index in [4.69, 9.17) is 10.5 Å². The van der Waals surface area contributed by atoms with Crippen LogP contribution in [0.15, 0.2) is 23.8 Å². The van der Waals surface area contributed by atoms with Gasteiger partial charge in [0.15, 0.2) is 0 Å². The van der Waals surface area contributed by atoms with Crippen LogP contribution >= 0.6 is 0 Å². The van der Waals surface area contributed by atoms with Crippen LogP contribution in [-0.4, -0.2) is 0 Å². The van der Waals surface area contributed by atoms with Crippen molar-refractivity contribution in [3.8, 4) is 12.1 Å². The van der Waals surface area contributed by atoms with Crippen LogP contribution in [0.25, 0.3) is 6.08 Å². The molecule has 0 aliphatic heterocycles. The molecule has 0 radical (unpaired) electrons. The third kappa shape index (κ3) is 3.32. The van der Waals surface area contributed by atoms with E-state index in [1.54, 1.807) is 0 Å². The number of alkyl halides is 3. The molecule has 0 heterocycles. The lowest BCUT2D eigenvalue weighted by atomic mass is 10.1. The zero-order valence-corrected chi connectivity index (χ0v) is 8.22. The Balaban J connectivity index is 3.31. The summed E-state index contributed by atoms with van der Waals surface area (Å²) >= 11 is 0. The number of benzene rings is 1. The number of hydrogen-bond acceptors (Lipinski definition) is 2. The second-order valence-electron chi connectivity index (χ2n) is 3.05. The highest BCUT2D eigenvalue weighted by Gasteiger charge is 2.31. The van der Waals surface area contributed by atoms with Crippen LogP contribution in [0.3, 0.4) is 0 Å². The summed E-state index contributed by atoms with van der Waals surface area (Å²) in [5, 5.41) is 16.9. The number of nitrogens with zero attached hydrogens (tertiary/aromatic N) is 2. The zero-order valence-electron chi connectivity index (χ0n) is 8.22. The van der Waals surface area contributed by atoms with Crippen molar-refractivity contribution in [3.05, 3.63) is 40.7 Å². The summed E-state index contributed by atoms with van der Waals surface area (Å²) in [6.45, 7) is 0. The van der Waals surface area contributed by atoms with Crippen molar-refractivity contribution in [2.24, 2.45) is 0 Å². The Morgan fingerprint density at radius 3 is 2.18 bits per heavy atom. The molecule has 0 aromatic heterocycles. The minimum Gasteiger partial charge on any atom is -0.207 e. The molecule has 0 aliphatic rings. The second-order valence-corrected chi connectivity index (χ2v) is 3.05. The molecule has 86 valence electrons. The van der Waals surface area contributed by atoms with E-state index in [-0.39, 0.29) is 5.56 Å². The predicted octanol–water partition coefficient (Wildman–Crippen LogP) is 3.28. The Morgan fingerprint density at radius 1 is 1.12 bits per heavy atom. The lowest BCUT2D eigenvalue weighted by Crippen LogP contribution is -2.05. The van der Waals surface area contributed by atoms with Gasteiger partial charge in [0.05, 0.1) is 5.56 Å². The van der Waals surface area contributed by atoms with Crippen LogP contribution in [-0.2, 0) is 6.18 Å². The van der Waals surface area contributed by atoms with Crippen molar-refractivity contribution < 1.29 is 17.6 Å². The first kappa shape index (κ1) is 12.7. The molecule has 0 amide bonds. The average molecular weight is 240 g/mol. The van der Waals surface area contributed by atoms with E-state index < -0.39 is 23.1 Å². The van der Waals surface area contributed by atoms with E-state index in [1.165, 1.54) is 12.1 Å². The largest absolute Gasteiger partial charge is 0.416 e. The molecular weight excluding hydrogens is 236 g/mol. The molecule has 0 bridgehead atoms. The molecule has 6 heteroatoms. The lowest BCUT2D eigenvalue weighted by molar-refractivity contribution is -0.137. The molecule has 0 spiro atoms. The molecule has 17 heavy (non-hydrogen) atoms. The Morgan fingerprint density at radius 2 is 1.71 bits per heavy atom. The number of rotatable bonds is 1. The third-order valence-corrected chi connectivity index (χ3v) is 1.80. The Hall–Kier alpha value is -2.34. The second kappa shape index (κ2) is 4.67. The monoisotopic (exact) mass is 240 g/mol. The highest BCUT2D eigenvalue weighted by Crippen LogP contribution is 2.30. The Bertz CT molecular complexity index is 528. The highest BCUT2D eigenvalue weighted by molar-refractivity contribution is 5.62. The maximum Gasteiger partial charge on any atom is 0.416 e. The fourth-order valence-electron chi connectivity index (χ4n) is 1.12. The third-order valence-electron chi connectivity index (χ3n) is 1.80. The number of nitriles is 2. The van der Waals surface area contributed by atoms with Gasteiger partial charge in [0, 0.05) is 0 Å². The molecule has 0 atom stereocenters. The fourth-order valence-corrected chi connectivity index (χ4v) is 1.12. The average Bonchev–Trinajstić information content (AvgIpc) is 2.24. The van der Waals surface area contributed by atoms with Gasteiger partial charge >= 0.3 is 6.18 Å². The number of halogens is 4. The minimum absolute atomic E-state index is 0.185. The Kier molecular flexibility index (Phi) is 3.49. The van der Waals surface area contributed by atoms with Gasteiger partial charge in [0.1, 0.15) is 23.5 Å². The predicted molar refractivity (Wildman–Crippen MR) is 50.6 cm³/mol. The summed E-state index contributed by atoms with van der Waals surface area (Å²) < 4.78 is 49.9. The van der Waals surface area contributed by atoms with Crippen molar-refractivity contribution >= 4 is 6.08 Å². The van der Waals surface area contributed by atoms with Crippen LogP contribution in [0.5, 0.6) is 0 Å². The summed E-state index contributed by atoms with van der Waals surface area (Å²) in [5.41, 5.74) is -1.75. The first-order valence-corrected chi connectivity index (χ1v) is 4.26. The first-order valence-electron chi connectivity index (χ1n) is 4.26. The van der Waals surface area contributed by atoms with Gasteiger partial charge in [-0.2, -0.15) is 23.7 Å². The van der Waals surface area contributed by atoms with Crippen LogP contribution in [0.4, 0.5) is 17.6 Å². The number of hydrogen-bond donors (Lipinski definition) is 0. The summed E-state index contributed by atoms with van der Waals surface area (Å²) in [6.07, 6.45) is -3.79. The smallest absolute Gasteiger partial charge is 0.207 e. The van der Waals surface area contributed by atoms with Crippen LogP contribution in [0, 0.1) is 28.5 Å². The molecule has 0 unspecified atom stereocenters. The van der Waals surface area contributed by atoms with Gasteiger partial charge in [0.2, 0.25) is 0 Å². The normalized spacial score (nSPS) is 10.2. The van der Waals surface area contributed by atoms with Gasteiger partial charge in [-0.25, -0.2) is 4.39 Å². The van der Waals surface area contributed by atoms with Crippen LogP contribution in [0.2, 0.25) is 0 Å². The summed E-state index contributed by atoms with van der Waals surface area (Å²) in [7, 11) is 0. The van der Waals surface area contributed by atoms with Gasteiger partial charge in [-0.3, -0.25) is 0 Å². The van der Waals surface area contributed by atoms with Crippen molar-refractivity contribution in [3.63, 3.8) is 0 Å². The molecule has 0 aliphatic carbocycles. The van der Waals surface area contributed by atoms with E-state index in [0.29, 0.717) is 12.1 Å². The van der Waals surface area contributed by atoms with Crippen LogP contribution in [0.1, 0.15) is 11.1 Å². The van der Waals surface area contributed by atoms with E-state index in [1.807, 2.05) is 0 Å². The molecule has 1 aromatic rings. The summed E-state index contributed by atoms with van der Waals surface area (Å²) in [4.78, 5) is 0. The minimum atomic E-state index is -4.68. The zero-order chi connectivity index (χ0) is 13.1. The van der Waals surface area contributed by atoms with Crippen molar-refractivity contribution in [1.29, 1.82) is 10.5 Å². The molecule has 0 saturated carbocycles. The van der Waals surface area contributed by atoms with Crippen molar-refractivity contribution in [2.75, 3.05) is 0 Å². The Labute approximate surface area is 94.0 Å². The fraction of sp³-hybridized carbons (Fsp3) is 0.0909. The highest BCUT2D eigenvalue weighted by atomic mass is 19.4. The molecule has 0 N–H and O–H groups in total. The van der Waals surface area contributed by atoms with E-state index in [9.17, 15) is 17.6 Å². The van der Waals surface area contributed by atoms with Gasteiger partial charge in [-0.05, 0) is 29.8 Å². The van der Waals surface area contributed by atoms with Gasteiger partial charge in [-0.15, -0.1) is 0 Å². The van der Waals surface area contributed by atoms with E-state index >= 15 is 0 Å². The SMILES string of the molecule is N#CC(C#N)=Cc1cc(F)cc(C(F)(F)F)c1. The molecule has 0 fully saturated rings. The van der Waals surface area contributed by atoms with E-state index in [2.05, 4.69) is 0 Å². The maximum atomic E-state index is 12.9. The summed E-state index contributed by atoms with van der Waals surface area (Å²) in [6, 6.07) is 4.77. The van der Waals surface area contributed by atoms with Gasteiger partial charge in [-0.1, -0.05) is 0 Å². The van der Waals surface area contributed by atoms with E-state index in [0.717, 1.165) is 12.1 Å². The topological polar surface area (TPSA) is 47.6 Å². The van der Waals surface area contributed by atoms with Gasteiger partial charge in [0.25, 0.3) is 0 Å². The summed E-state index contributed by atoms with van der Waals surface area (Å²) in [5.74, 6) is -1.08. The standard InChI is InChI=1S/C11H4F4N2/c12-10-3-7(1-8(5-16)6-17)2-9(4-10)11(13,14)15/h1-4H. The maximum absolute atomic E-state index is 12.9. The quantitative estimate of drug-likeness (QED) is 0.558. The first-order chi connectivity index (χ1) is 7.86. The van der Waals surface area contributed by atoms with Gasteiger partial charge < -0.3 is 0 Å². The molecular formula is C11H4F4N2. The van der Waals surface area contributed by atoms with Crippen LogP contribution < -0.4 is 0 Å². The molecule has 1 aromatic carbocycles. The molecule has 0 saturated heterocycles. The van der Waals surface area contributed by atoms with Crippen molar-refractivity contribution in [1.82, 2.24) is 0 Å². The number of allylic oxidation sites excluding steroid dienone is 1. The molecule has 1 rings (SSSR count).